The second-order valence-corrected chi connectivity index (χ2v) is 7.14. The number of nitrogens with zero attached hydrogens (tertiary/aromatic N) is 2. The number of aromatic nitrogens is 2. The van der Waals surface area contributed by atoms with Crippen LogP contribution in [0.15, 0.2) is 22.7 Å². The van der Waals surface area contributed by atoms with E-state index in [0.717, 1.165) is 24.5 Å². The molecule has 0 amide bonds. The molecule has 0 aliphatic heterocycles. The molecule has 0 bridgehead atoms. The Kier molecular flexibility index (Phi) is 5.94. The summed E-state index contributed by atoms with van der Waals surface area (Å²) in [6, 6.07) is 6.79. The summed E-state index contributed by atoms with van der Waals surface area (Å²) in [6.45, 7) is 9.56. The van der Waals surface area contributed by atoms with Crippen LogP contribution in [0, 0.1) is 13.8 Å². The number of rotatable bonds is 6. The van der Waals surface area contributed by atoms with Crippen LogP contribution in [0.25, 0.3) is 0 Å². The van der Waals surface area contributed by atoms with Crippen LogP contribution >= 0.6 is 27.7 Å². The number of hydrogen-bond acceptors (Lipinski definition) is 2. The van der Waals surface area contributed by atoms with E-state index in [1.165, 1.54) is 32.6 Å². The largest absolute Gasteiger partial charge is 0.268 e. The van der Waals surface area contributed by atoms with Gasteiger partial charge < -0.3 is 0 Å². The van der Waals surface area contributed by atoms with Crippen LogP contribution in [0.1, 0.15) is 41.9 Å². The fourth-order valence-corrected chi connectivity index (χ4v) is 4.45. The Bertz CT molecular complexity index is 599. The summed E-state index contributed by atoms with van der Waals surface area (Å²) in [5.41, 5.74) is 6.58. The van der Waals surface area contributed by atoms with Gasteiger partial charge in [0.2, 0.25) is 0 Å². The molecule has 114 valence electrons. The number of halogens is 1. The second-order valence-electron chi connectivity index (χ2n) is 5.37. The lowest BCUT2D eigenvalue weighted by Crippen LogP contribution is -2.02. The van der Waals surface area contributed by atoms with Gasteiger partial charge in [0, 0.05) is 18.1 Å². The number of aryl methyl sites for hydroxylation is 4. The number of hydrogen-bond donors (Lipinski definition) is 0. The summed E-state index contributed by atoms with van der Waals surface area (Å²) in [6.07, 6.45) is 0.975. The smallest absolute Gasteiger partial charge is 0.0767 e. The van der Waals surface area contributed by atoms with Gasteiger partial charge in [0.15, 0.2) is 0 Å². The Morgan fingerprint density at radius 3 is 2.33 bits per heavy atom. The van der Waals surface area contributed by atoms with Gasteiger partial charge in [0.1, 0.15) is 0 Å². The van der Waals surface area contributed by atoms with Crippen molar-refractivity contribution in [1.29, 1.82) is 0 Å². The van der Waals surface area contributed by atoms with E-state index in [9.17, 15) is 0 Å². The van der Waals surface area contributed by atoms with Crippen molar-refractivity contribution in [3.05, 3.63) is 50.8 Å². The van der Waals surface area contributed by atoms with Crippen molar-refractivity contribution < 1.29 is 0 Å². The summed E-state index contributed by atoms with van der Waals surface area (Å²) in [7, 11) is 0. The third-order valence-corrected chi connectivity index (χ3v) is 5.41. The van der Waals surface area contributed by atoms with Crippen LogP contribution in [0.5, 0.6) is 0 Å². The highest BCUT2D eigenvalue weighted by Gasteiger charge is 2.13. The molecule has 1 heterocycles. The summed E-state index contributed by atoms with van der Waals surface area (Å²) in [5.74, 6) is 2.04. The fraction of sp³-hybridized carbons (Fsp3) is 0.471. The van der Waals surface area contributed by atoms with E-state index in [1.54, 1.807) is 0 Å². The molecule has 0 saturated carbocycles. The van der Waals surface area contributed by atoms with Crippen LogP contribution in [0.4, 0.5) is 0 Å². The van der Waals surface area contributed by atoms with E-state index in [1.807, 2.05) is 11.8 Å². The van der Waals surface area contributed by atoms with Gasteiger partial charge in [-0.2, -0.15) is 16.9 Å². The predicted molar refractivity (Wildman–Crippen MR) is 95.9 cm³/mol. The Morgan fingerprint density at radius 1 is 1.10 bits per heavy atom. The molecular weight excluding hydrogens is 344 g/mol. The van der Waals surface area contributed by atoms with Gasteiger partial charge in [0.25, 0.3) is 0 Å². The molecule has 0 saturated heterocycles. The van der Waals surface area contributed by atoms with Gasteiger partial charge in [0.05, 0.1) is 15.9 Å². The lowest BCUT2D eigenvalue weighted by molar-refractivity contribution is 0.627. The zero-order valence-electron chi connectivity index (χ0n) is 13.2. The molecular formula is C17H23BrN2S. The van der Waals surface area contributed by atoms with Gasteiger partial charge in [-0.25, -0.2) is 0 Å². The highest BCUT2D eigenvalue weighted by atomic mass is 79.9. The summed E-state index contributed by atoms with van der Waals surface area (Å²) >= 11 is 5.67. The Hall–Kier alpha value is -0.740. The van der Waals surface area contributed by atoms with E-state index in [0.29, 0.717) is 0 Å². The zero-order valence-corrected chi connectivity index (χ0v) is 15.6. The van der Waals surface area contributed by atoms with Crippen LogP contribution in [-0.2, 0) is 24.5 Å². The molecule has 1 aromatic carbocycles. The summed E-state index contributed by atoms with van der Waals surface area (Å²) in [4.78, 5) is 0. The normalized spacial score (nSPS) is 11.1. The highest BCUT2D eigenvalue weighted by molar-refractivity contribution is 9.10. The molecule has 0 aliphatic rings. The van der Waals surface area contributed by atoms with E-state index >= 15 is 0 Å². The summed E-state index contributed by atoms with van der Waals surface area (Å²) in [5, 5.41) is 4.66. The van der Waals surface area contributed by atoms with Gasteiger partial charge >= 0.3 is 0 Å². The van der Waals surface area contributed by atoms with Crippen molar-refractivity contribution in [3.63, 3.8) is 0 Å². The van der Waals surface area contributed by atoms with Crippen molar-refractivity contribution in [2.24, 2.45) is 0 Å². The van der Waals surface area contributed by atoms with Gasteiger partial charge in [-0.05, 0) is 48.7 Å². The number of thioether (sulfide) groups is 1. The SMILES string of the molecule is CCc1nn(CC)c(CSCc2cc(C)cc(C)c2)c1Br. The van der Waals surface area contributed by atoms with E-state index in [-0.39, 0.29) is 0 Å². The molecule has 0 spiro atoms. The molecule has 0 unspecified atom stereocenters. The molecule has 0 aliphatic carbocycles. The molecule has 0 radical (unpaired) electrons. The monoisotopic (exact) mass is 366 g/mol. The zero-order chi connectivity index (χ0) is 15.4. The minimum atomic E-state index is 0.929. The van der Waals surface area contributed by atoms with Crippen molar-refractivity contribution >= 4 is 27.7 Å². The molecule has 21 heavy (non-hydrogen) atoms. The van der Waals surface area contributed by atoms with Crippen LogP contribution in [-0.4, -0.2) is 9.78 Å². The lowest BCUT2D eigenvalue weighted by Gasteiger charge is -2.07. The molecule has 2 nitrogen and oxygen atoms in total. The van der Waals surface area contributed by atoms with Crippen LogP contribution in [0.2, 0.25) is 0 Å². The minimum Gasteiger partial charge on any atom is -0.268 e. The summed E-state index contributed by atoms with van der Waals surface area (Å²) < 4.78 is 3.32. The van der Waals surface area contributed by atoms with Crippen molar-refractivity contribution in [2.75, 3.05) is 0 Å². The minimum absolute atomic E-state index is 0.929. The second kappa shape index (κ2) is 7.50. The van der Waals surface area contributed by atoms with Crippen LogP contribution < -0.4 is 0 Å². The Balaban J connectivity index is 2.04. The molecule has 0 atom stereocenters. The first-order valence-corrected chi connectivity index (χ1v) is 9.38. The quantitative estimate of drug-likeness (QED) is 0.691. The van der Waals surface area contributed by atoms with E-state index in [2.05, 4.69) is 71.6 Å². The topological polar surface area (TPSA) is 17.8 Å². The molecule has 4 heteroatoms. The molecule has 0 N–H and O–H groups in total. The highest BCUT2D eigenvalue weighted by Crippen LogP contribution is 2.27. The Morgan fingerprint density at radius 2 is 1.76 bits per heavy atom. The Labute approximate surface area is 140 Å². The third-order valence-electron chi connectivity index (χ3n) is 3.48. The third kappa shape index (κ3) is 4.13. The van der Waals surface area contributed by atoms with Crippen molar-refractivity contribution in [3.8, 4) is 0 Å². The predicted octanol–water partition coefficient (Wildman–Crippen LogP) is 5.28. The fourth-order valence-electron chi connectivity index (χ4n) is 2.57. The van der Waals surface area contributed by atoms with E-state index in [4.69, 9.17) is 0 Å². The first-order valence-electron chi connectivity index (χ1n) is 7.44. The van der Waals surface area contributed by atoms with Crippen molar-refractivity contribution in [2.45, 2.75) is 52.2 Å². The maximum Gasteiger partial charge on any atom is 0.0767 e. The van der Waals surface area contributed by atoms with Crippen molar-refractivity contribution in [1.82, 2.24) is 9.78 Å². The van der Waals surface area contributed by atoms with Gasteiger partial charge in [-0.1, -0.05) is 36.2 Å². The molecule has 2 aromatic rings. The molecule has 0 fully saturated rings. The number of benzene rings is 1. The average molecular weight is 367 g/mol. The first kappa shape index (κ1) is 16.6. The average Bonchev–Trinajstić information content (AvgIpc) is 2.74. The van der Waals surface area contributed by atoms with Crippen LogP contribution in [0.3, 0.4) is 0 Å². The van der Waals surface area contributed by atoms with Gasteiger partial charge in [-0.3, -0.25) is 4.68 Å². The maximum absolute atomic E-state index is 4.66. The standard InChI is InChI=1S/C17H23BrN2S/c1-5-15-17(18)16(20(6-2)19-15)11-21-10-14-8-12(3)7-13(4)9-14/h7-9H,5-6,10-11H2,1-4H3. The first-order chi connectivity index (χ1) is 10.0. The molecule has 2 rings (SSSR count). The molecule has 1 aromatic heterocycles. The van der Waals surface area contributed by atoms with E-state index < -0.39 is 0 Å². The lowest BCUT2D eigenvalue weighted by atomic mass is 10.1. The van der Waals surface area contributed by atoms with Gasteiger partial charge in [-0.15, -0.1) is 0 Å². The maximum atomic E-state index is 4.66.